The van der Waals surface area contributed by atoms with E-state index in [9.17, 15) is 9.59 Å². The number of pyridine rings is 1. The third-order valence-electron chi connectivity index (χ3n) is 5.42. The van der Waals surface area contributed by atoms with Crippen LogP contribution in [0.25, 0.3) is 11.1 Å². The van der Waals surface area contributed by atoms with E-state index in [0.717, 1.165) is 22.4 Å². The molecular weight excluding hydrogens is 408 g/mol. The topological polar surface area (TPSA) is 132 Å². The van der Waals surface area contributed by atoms with Gasteiger partial charge in [0, 0.05) is 30.4 Å². The maximum atomic E-state index is 12.4. The second kappa shape index (κ2) is 8.43. The lowest BCUT2D eigenvalue weighted by Crippen LogP contribution is -2.43. The second-order valence-electron chi connectivity index (χ2n) is 7.58. The lowest BCUT2D eigenvalue weighted by molar-refractivity contribution is -0.117. The average molecular weight is 428 g/mol. The Kier molecular flexibility index (Phi) is 5.52. The number of amides is 1. The smallest absolute Gasteiger partial charge is 0.354 e. The van der Waals surface area contributed by atoms with E-state index in [2.05, 4.69) is 20.3 Å². The molecule has 160 valence electrons. The van der Waals surface area contributed by atoms with Gasteiger partial charge in [-0.25, -0.2) is 19.7 Å². The summed E-state index contributed by atoms with van der Waals surface area (Å²) in [6, 6.07) is 10.7. The van der Waals surface area contributed by atoms with Crippen LogP contribution in [-0.2, 0) is 4.79 Å². The molecule has 0 saturated carbocycles. The third kappa shape index (κ3) is 3.98. The van der Waals surface area contributed by atoms with Crippen molar-refractivity contribution in [1.29, 1.82) is 5.26 Å². The summed E-state index contributed by atoms with van der Waals surface area (Å²) < 4.78 is 0. The van der Waals surface area contributed by atoms with Crippen LogP contribution in [0.3, 0.4) is 0 Å². The van der Waals surface area contributed by atoms with Crippen LogP contribution < -0.4 is 10.2 Å². The number of rotatable bonds is 4. The van der Waals surface area contributed by atoms with Gasteiger partial charge >= 0.3 is 5.97 Å². The molecule has 0 aliphatic carbocycles. The highest BCUT2D eigenvalue weighted by Crippen LogP contribution is 2.40. The molecular formula is C23H20N6O3. The van der Waals surface area contributed by atoms with Gasteiger partial charge in [0.1, 0.15) is 17.6 Å². The van der Waals surface area contributed by atoms with Crippen molar-refractivity contribution in [3.05, 3.63) is 65.9 Å². The Bertz CT molecular complexity index is 1220. The first kappa shape index (κ1) is 20.9. The monoisotopic (exact) mass is 428 g/mol. The zero-order valence-corrected chi connectivity index (χ0v) is 17.5. The summed E-state index contributed by atoms with van der Waals surface area (Å²) in [6.45, 7) is 3.54. The van der Waals surface area contributed by atoms with E-state index in [1.54, 1.807) is 17.9 Å². The molecule has 1 aliphatic rings. The normalized spacial score (nSPS) is 17.2. The number of anilines is 2. The van der Waals surface area contributed by atoms with Gasteiger partial charge in [-0.05, 0) is 42.7 Å². The fourth-order valence-electron chi connectivity index (χ4n) is 3.99. The van der Waals surface area contributed by atoms with E-state index < -0.39 is 5.97 Å². The maximum Gasteiger partial charge on any atom is 0.354 e. The van der Waals surface area contributed by atoms with Gasteiger partial charge in [0.2, 0.25) is 5.91 Å². The number of benzene rings is 1. The molecule has 0 radical (unpaired) electrons. The molecule has 0 bridgehead atoms. The van der Waals surface area contributed by atoms with Crippen LogP contribution in [-0.4, -0.2) is 38.0 Å². The fraction of sp³-hybridized carbons (Fsp3) is 0.217. The van der Waals surface area contributed by atoms with Gasteiger partial charge < -0.3 is 15.3 Å². The molecule has 0 saturated heterocycles. The van der Waals surface area contributed by atoms with Gasteiger partial charge in [0.25, 0.3) is 0 Å². The molecule has 2 unspecified atom stereocenters. The van der Waals surface area contributed by atoms with Crippen molar-refractivity contribution in [1.82, 2.24) is 15.0 Å². The summed E-state index contributed by atoms with van der Waals surface area (Å²) in [6.07, 6.45) is 5.09. The van der Waals surface area contributed by atoms with E-state index >= 15 is 0 Å². The summed E-state index contributed by atoms with van der Waals surface area (Å²) in [7, 11) is 0. The Morgan fingerprint density at radius 2 is 1.91 bits per heavy atom. The molecule has 1 amide bonds. The van der Waals surface area contributed by atoms with Gasteiger partial charge in [-0.1, -0.05) is 12.1 Å². The Balaban J connectivity index is 1.74. The lowest BCUT2D eigenvalue weighted by Gasteiger charge is -2.39. The maximum absolute atomic E-state index is 12.4. The number of fused-ring (bicyclic) bond motifs is 1. The molecule has 3 aromatic rings. The summed E-state index contributed by atoms with van der Waals surface area (Å²) in [5.74, 6) is -0.599. The van der Waals surface area contributed by atoms with Crippen LogP contribution in [0.5, 0.6) is 0 Å². The van der Waals surface area contributed by atoms with Gasteiger partial charge in [0.15, 0.2) is 5.69 Å². The summed E-state index contributed by atoms with van der Waals surface area (Å²) in [5, 5.41) is 21.4. The first-order valence-electron chi connectivity index (χ1n) is 9.99. The zero-order valence-electron chi connectivity index (χ0n) is 17.5. The minimum absolute atomic E-state index is 0.0257. The van der Waals surface area contributed by atoms with Crippen molar-refractivity contribution in [2.24, 2.45) is 0 Å². The molecule has 4 rings (SSSR count). The SMILES string of the molecule is CC(=O)N1c2ccc(-c3ccc(C(=O)O)nc3)cc2C(Nc2cnc(C#N)cn2)CC1C. The Morgan fingerprint density at radius 1 is 1.12 bits per heavy atom. The molecule has 2 atom stereocenters. The minimum atomic E-state index is -1.08. The van der Waals surface area contributed by atoms with Crippen LogP contribution in [0, 0.1) is 11.3 Å². The lowest BCUT2D eigenvalue weighted by atomic mass is 9.89. The Morgan fingerprint density at radius 3 is 2.50 bits per heavy atom. The molecule has 2 N–H and O–H groups in total. The second-order valence-corrected chi connectivity index (χ2v) is 7.58. The minimum Gasteiger partial charge on any atom is -0.477 e. The molecule has 9 heteroatoms. The van der Waals surface area contributed by atoms with Crippen molar-refractivity contribution >= 4 is 23.4 Å². The molecule has 3 heterocycles. The predicted octanol–water partition coefficient (Wildman–Crippen LogP) is 3.41. The van der Waals surface area contributed by atoms with Crippen molar-refractivity contribution < 1.29 is 14.7 Å². The number of nitriles is 1. The van der Waals surface area contributed by atoms with E-state index in [4.69, 9.17) is 10.4 Å². The third-order valence-corrected chi connectivity index (χ3v) is 5.42. The largest absolute Gasteiger partial charge is 0.477 e. The van der Waals surface area contributed by atoms with Crippen molar-refractivity contribution in [3.63, 3.8) is 0 Å². The number of aromatic carboxylic acids is 1. The van der Waals surface area contributed by atoms with Crippen LogP contribution in [0.4, 0.5) is 11.5 Å². The average Bonchev–Trinajstić information content (AvgIpc) is 2.79. The van der Waals surface area contributed by atoms with E-state index in [-0.39, 0.29) is 29.4 Å². The Labute approximate surface area is 184 Å². The van der Waals surface area contributed by atoms with Gasteiger partial charge in [-0.3, -0.25) is 4.79 Å². The van der Waals surface area contributed by atoms with Crippen LogP contribution >= 0.6 is 0 Å². The number of hydrogen-bond donors (Lipinski definition) is 2. The highest BCUT2D eigenvalue weighted by Gasteiger charge is 2.33. The molecule has 0 fully saturated rings. The number of aromatic nitrogens is 3. The van der Waals surface area contributed by atoms with Crippen LogP contribution in [0.1, 0.15) is 48.1 Å². The van der Waals surface area contributed by atoms with E-state index in [1.807, 2.05) is 31.2 Å². The summed E-state index contributed by atoms with van der Waals surface area (Å²) >= 11 is 0. The van der Waals surface area contributed by atoms with Crippen molar-refractivity contribution in [3.8, 4) is 17.2 Å². The van der Waals surface area contributed by atoms with Crippen LogP contribution in [0.2, 0.25) is 0 Å². The zero-order chi connectivity index (χ0) is 22.8. The van der Waals surface area contributed by atoms with Gasteiger partial charge in [0.05, 0.1) is 18.4 Å². The number of hydrogen-bond acceptors (Lipinski definition) is 7. The van der Waals surface area contributed by atoms with E-state index in [0.29, 0.717) is 12.2 Å². The Hall–Kier alpha value is -4.32. The van der Waals surface area contributed by atoms with Crippen molar-refractivity contribution in [2.45, 2.75) is 32.4 Å². The van der Waals surface area contributed by atoms with Crippen LogP contribution in [0.15, 0.2) is 48.9 Å². The number of carboxylic acid groups (broad SMARTS) is 1. The fourth-order valence-corrected chi connectivity index (χ4v) is 3.99. The number of carbonyl (C=O) groups excluding carboxylic acids is 1. The number of nitrogens with one attached hydrogen (secondary N) is 1. The molecule has 2 aromatic heterocycles. The molecule has 1 aliphatic heterocycles. The first-order valence-corrected chi connectivity index (χ1v) is 9.99. The number of carbonyl (C=O) groups is 2. The highest BCUT2D eigenvalue weighted by molar-refractivity contribution is 5.94. The number of carboxylic acids is 1. The van der Waals surface area contributed by atoms with E-state index in [1.165, 1.54) is 24.7 Å². The molecule has 0 spiro atoms. The molecule has 32 heavy (non-hydrogen) atoms. The van der Waals surface area contributed by atoms with Gasteiger partial charge in [-0.15, -0.1) is 0 Å². The number of nitrogens with zero attached hydrogens (tertiary/aromatic N) is 5. The standard InChI is InChI=1S/C23H20N6O3/c1-13-7-20(28-22-12-25-17(9-24)11-27-22)18-8-15(4-6-21(18)29(13)14(2)30)16-3-5-19(23(31)32)26-10-16/h3-6,8,10-13,20H,7H2,1-2H3,(H,27,28)(H,31,32). The molecule has 9 nitrogen and oxygen atoms in total. The molecule has 1 aromatic carbocycles. The van der Waals surface area contributed by atoms with Gasteiger partial charge in [-0.2, -0.15) is 5.26 Å². The summed E-state index contributed by atoms with van der Waals surface area (Å²) in [5.41, 5.74) is 3.53. The first-order chi connectivity index (χ1) is 15.4. The van der Waals surface area contributed by atoms with Crippen molar-refractivity contribution in [2.75, 3.05) is 10.2 Å². The quantitative estimate of drug-likeness (QED) is 0.646. The summed E-state index contributed by atoms with van der Waals surface area (Å²) in [4.78, 5) is 37.5. The highest BCUT2D eigenvalue weighted by atomic mass is 16.4. The predicted molar refractivity (Wildman–Crippen MR) is 117 cm³/mol.